The Hall–Kier alpha value is -2.04. The van der Waals surface area contributed by atoms with E-state index in [1.165, 1.54) is 4.90 Å². The second-order valence-electron chi connectivity index (χ2n) is 5.06. The van der Waals surface area contributed by atoms with Gasteiger partial charge < -0.3 is 9.84 Å². The number of carbonyl (C=O) groups excluding carboxylic acids is 1. The molecule has 2 rings (SSSR count). The number of aliphatic carboxylic acids is 1. The highest BCUT2D eigenvalue weighted by molar-refractivity contribution is 5.80. The molecule has 5 nitrogen and oxygen atoms in total. The lowest BCUT2D eigenvalue weighted by Crippen LogP contribution is -2.40. The van der Waals surface area contributed by atoms with Crippen molar-refractivity contribution in [3.8, 4) is 0 Å². The Balaban J connectivity index is 1.95. The highest BCUT2D eigenvalue weighted by Crippen LogP contribution is 2.26. The first-order valence-corrected chi connectivity index (χ1v) is 6.82. The second kappa shape index (κ2) is 6.41. The minimum atomic E-state index is -0.961. The van der Waals surface area contributed by atoms with Gasteiger partial charge in [0.2, 0.25) is 0 Å². The molecule has 1 aromatic carbocycles. The molecule has 0 aromatic heterocycles. The smallest absolute Gasteiger partial charge is 0.410 e. The molecule has 0 saturated carbocycles. The van der Waals surface area contributed by atoms with Crippen molar-refractivity contribution in [3.05, 3.63) is 35.9 Å². The molecule has 0 aliphatic carbocycles. The largest absolute Gasteiger partial charge is 0.480 e. The molecule has 1 aromatic rings. The molecule has 1 aliphatic rings. The van der Waals surface area contributed by atoms with Crippen molar-refractivity contribution in [1.29, 1.82) is 0 Å². The number of hydrogen-bond acceptors (Lipinski definition) is 3. The van der Waals surface area contributed by atoms with E-state index in [0.717, 1.165) is 12.0 Å². The summed E-state index contributed by atoms with van der Waals surface area (Å²) >= 11 is 0. The van der Waals surface area contributed by atoms with E-state index in [2.05, 4.69) is 0 Å². The van der Waals surface area contributed by atoms with E-state index in [0.29, 0.717) is 13.0 Å². The first-order valence-electron chi connectivity index (χ1n) is 6.82. The number of amides is 1. The Kier molecular flexibility index (Phi) is 4.61. The van der Waals surface area contributed by atoms with Crippen LogP contribution in [0.3, 0.4) is 0 Å². The first-order chi connectivity index (χ1) is 9.61. The van der Waals surface area contributed by atoms with Crippen LogP contribution in [0, 0.1) is 5.92 Å². The number of hydrogen-bond donors (Lipinski definition) is 1. The van der Waals surface area contributed by atoms with Gasteiger partial charge in [-0.15, -0.1) is 0 Å². The molecule has 0 radical (unpaired) electrons. The molecule has 1 saturated heterocycles. The normalized spacial score (nSPS) is 21.8. The minimum Gasteiger partial charge on any atom is -0.480 e. The number of carboxylic acids is 1. The maximum Gasteiger partial charge on any atom is 0.410 e. The topological polar surface area (TPSA) is 66.8 Å². The van der Waals surface area contributed by atoms with Gasteiger partial charge in [0, 0.05) is 6.54 Å². The molecule has 2 unspecified atom stereocenters. The lowest BCUT2D eigenvalue weighted by atomic mass is 10.0. The summed E-state index contributed by atoms with van der Waals surface area (Å²) in [7, 11) is 0. The van der Waals surface area contributed by atoms with E-state index >= 15 is 0 Å². The summed E-state index contributed by atoms with van der Waals surface area (Å²) in [6.07, 6.45) is 0.829. The zero-order valence-electron chi connectivity index (χ0n) is 11.5. The summed E-state index contributed by atoms with van der Waals surface area (Å²) in [5.74, 6) is -0.724. The van der Waals surface area contributed by atoms with Crippen LogP contribution in [0.1, 0.15) is 25.3 Å². The molecule has 108 valence electrons. The van der Waals surface area contributed by atoms with Crippen LogP contribution in [0.15, 0.2) is 30.3 Å². The molecular formula is C15H19NO4. The van der Waals surface area contributed by atoms with Crippen LogP contribution in [0.4, 0.5) is 4.79 Å². The van der Waals surface area contributed by atoms with Gasteiger partial charge in [-0.1, -0.05) is 43.7 Å². The van der Waals surface area contributed by atoms with Gasteiger partial charge in [0.15, 0.2) is 0 Å². The van der Waals surface area contributed by atoms with Crippen LogP contribution in [0.2, 0.25) is 0 Å². The first kappa shape index (κ1) is 14.4. The number of rotatable bonds is 4. The number of carbonyl (C=O) groups is 2. The van der Waals surface area contributed by atoms with E-state index in [1.54, 1.807) is 0 Å². The van der Waals surface area contributed by atoms with Crippen molar-refractivity contribution in [2.24, 2.45) is 5.92 Å². The number of likely N-dealkylation sites (tertiary alicyclic amines) is 1. The summed E-state index contributed by atoms with van der Waals surface area (Å²) in [5.41, 5.74) is 0.888. The number of ether oxygens (including phenoxy) is 1. The summed E-state index contributed by atoms with van der Waals surface area (Å²) in [4.78, 5) is 24.6. The van der Waals surface area contributed by atoms with E-state index in [1.807, 2.05) is 37.3 Å². The lowest BCUT2D eigenvalue weighted by Gasteiger charge is -2.20. The van der Waals surface area contributed by atoms with Gasteiger partial charge in [0.1, 0.15) is 12.6 Å². The average Bonchev–Trinajstić information content (AvgIpc) is 2.90. The molecule has 20 heavy (non-hydrogen) atoms. The van der Waals surface area contributed by atoms with Crippen molar-refractivity contribution >= 4 is 12.1 Å². The van der Waals surface area contributed by atoms with Crippen molar-refractivity contribution in [3.63, 3.8) is 0 Å². The monoisotopic (exact) mass is 277 g/mol. The maximum atomic E-state index is 12.0. The van der Waals surface area contributed by atoms with Crippen LogP contribution in [0.25, 0.3) is 0 Å². The maximum absolute atomic E-state index is 12.0. The van der Waals surface area contributed by atoms with Gasteiger partial charge in [-0.2, -0.15) is 0 Å². The lowest BCUT2D eigenvalue weighted by molar-refractivity contribution is -0.141. The van der Waals surface area contributed by atoms with Crippen molar-refractivity contribution in [2.75, 3.05) is 6.54 Å². The van der Waals surface area contributed by atoms with Crippen LogP contribution in [0.5, 0.6) is 0 Å². The van der Waals surface area contributed by atoms with Crippen molar-refractivity contribution in [1.82, 2.24) is 4.90 Å². The fraction of sp³-hybridized carbons (Fsp3) is 0.467. The molecule has 1 fully saturated rings. The average molecular weight is 277 g/mol. The number of benzene rings is 1. The van der Waals surface area contributed by atoms with Gasteiger partial charge in [0.25, 0.3) is 0 Å². The summed E-state index contributed by atoms with van der Waals surface area (Å²) in [5, 5.41) is 9.18. The third-order valence-corrected chi connectivity index (χ3v) is 3.69. The summed E-state index contributed by atoms with van der Waals surface area (Å²) in [6, 6.07) is 8.58. The second-order valence-corrected chi connectivity index (χ2v) is 5.06. The van der Waals surface area contributed by atoms with Crippen LogP contribution < -0.4 is 0 Å². The fourth-order valence-corrected chi connectivity index (χ4v) is 2.46. The molecule has 0 bridgehead atoms. The van der Waals surface area contributed by atoms with Crippen LogP contribution >= 0.6 is 0 Å². The molecule has 1 N–H and O–H groups in total. The van der Waals surface area contributed by atoms with Gasteiger partial charge in [-0.3, -0.25) is 4.90 Å². The Labute approximate surface area is 118 Å². The van der Waals surface area contributed by atoms with Gasteiger partial charge in [-0.25, -0.2) is 9.59 Å². The van der Waals surface area contributed by atoms with Crippen LogP contribution in [-0.2, 0) is 16.1 Å². The minimum absolute atomic E-state index is 0.166. The molecule has 0 spiro atoms. The highest BCUT2D eigenvalue weighted by Gasteiger charge is 2.39. The van der Waals surface area contributed by atoms with Crippen LogP contribution in [-0.4, -0.2) is 34.7 Å². The van der Waals surface area contributed by atoms with Gasteiger partial charge >= 0.3 is 12.1 Å². The molecular weight excluding hydrogens is 258 g/mol. The van der Waals surface area contributed by atoms with Crippen molar-refractivity contribution in [2.45, 2.75) is 32.4 Å². The molecule has 1 amide bonds. The molecule has 2 atom stereocenters. The van der Waals surface area contributed by atoms with E-state index in [4.69, 9.17) is 4.74 Å². The Morgan fingerprint density at radius 1 is 1.35 bits per heavy atom. The standard InChI is InChI=1S/C15H19NO4/c1-2-11-8-13(14(17)18)16(9-11)15(19)20-10-12-6-4-3-5-7-12/h3-7,11,13H,2,8-10H2,1H3,(H,17,18). The highest BCUT2D eigenvalue weighted by atomic mass is 16.6. The third-order valence-electron chi connectivity index (χ3n) is 3.69. The van der Waals surface area contributed by atoms with E-state index < -0.39 is 18.1 Å². The number of nitrogens with zero attached hydrogens (tertiary/aromatic N) is 1. The SMILES string of the molecule is CCC1CC(C(=O)O)N(C(=O)OCc2ccccc2)C1. The summed E-state index contributed by atoms with van der Waals surface area (Å²) < 4.78 is 5.21. The van der Waals surface area contributed by atoms with E-state index in [9.17, 15) is 14.7 Å². The van der Waals surface area contributed by atoms with Gasteiger partial charge in [-0.05, 0) is 17.9 Å². The Bertz CT molecular complexity index is 474. The predicted octanol–water partition coefficient (Wildman–Crippen LogP) is 2.51. The van der Waals surface area contributed by atoms with Crippen molar-refractivity contribution < 1.29 is 19.4 Å². The third kappa shape index (κ3) is 3.29. The van der Waals surface area contributed by atoms with Gasteiger partial charge in [0.05, 0.1) is 0 Å². The molecule has 1 aliphatic heterocycles. The molecule has 5 heteroatoms. The van der Waals surface area contributed by atoms with E-state index in [-0.39, 0.29) is 12.5 Å². The summed E-state index contributed by atoms with van der Waals surface area (Å²) in [6.45, 7) is 2.63. The predicted molar refractivity (Wildman–Crippen MR) is 73.2 cm³/mol. The number of carboxylic acid groups (broad SMARTS) is 1. The zero-order chi connectivity index (χ0) is 14.5. The zero-order valence-corrected chi connectivity index (χ0v) is 11.5. The Morgan fingerprint density at radius 2 is 2.05 bits per heavy atom. The Morgan fingerprint density at radius 3 is 2.65 bits per heavy atom. The molecule has 1 heterocycles. The quantitative estimate of drug-likeness (QED) is 0.918. The fourth-order valence-electron chi connectivity index (χ4n) is 2.46.